The molecule has 0 spiro atoms. The van der Waals surface area contributed by atoms with Gasteiger partial charge in [0.2, 0.25) is 6.10 Å². The molecule has 2 fully saturated rings. The molecule has 28 heteroatoms. The summed E-state index contributed by atoms with van der Waals surface area (Å²) in [5.74, 6) is -2.01. The molecule has 3 aliphatic heterocycles. The van der Waals surface area contributed by atoms with E-state index < -0.39 is 82.8 Å². The number of pyridine rings is 1. The Morgan fingerprint density at radius 2 is 1.28 bits per heavy atom. The van der Waals surface area contributed by atoms with E-state index in [0.29, 0.717) is 80.5 Å². The van der Waals surface area contributed by atoms with Crippen molar-refractivity contribution >= 4 is 104 Å². The van der Waals surface area contributed by atoms with Crippen LogP contribution in [0.5, 0.6) is 28.7 Å². The molecule has 2 N–H and O–H groups in total. The van der Waals surface area contributed by atoms with Crippen molar-refractivity contribution in [1.29, 1.82) is 0 Å². The van der Waals surface area contributed by atoms with Gasteiger partial charge in [-0.15, -0.1) is 11.8 Å². The van der Waals surface area contributed by atoms with Crippen LogP contribution in [0.25, 0.3) is 10.9 Å². The van der Waals surface area contributed by atoms with Crippen molar-refractivity contribution in [3.63, 3.8) is 0 Å². The number of quaternary nitrogens is 1. The third-order valence-corrected chi connectivity index (χ3v) is 20.6. The number of hydrogen-bond acceptors (Lipinski definition) is 21. The SMILES string of the molecule is CCn1cc(C[N+]2(CC3=C(C(=O)OC(c4ccccc4)c4ccccc4)N4C(=O)[C@@H](NC(=O)C(=NOC(CC(=O)OC(C)(C)C)C(=O)OCc5ccc(OC)cc5)c5nc(NC(=O)OC(C)(C)C)sc5Cl)[C@H]4SC3)CCCC2)c(=O)c2c(Cl)c(OCc3ccc(OC)cc3)c(OCc3ccc(OC)cc3)cc21. The molecule has 1 unspecified atom stereocenters. The van der Waals surface area contributed by atoms with Gasteiger partial charge in [-0.05, 0) is 113 Å². The number of nitrogens with one attached hydrogen (secondary N) is 2. The highest BCUT2D eigenvalue weighted by molar-refractivity contribution is 8.00. The van der Waals surface area contributed by atoms with Gasteiger partial charge >= 0.3 is 24.0 Å². The molecule has 107 heavy (non-hydrogen) atoms. The van der Waals surface area contributed by atoms with Crippen LogP contribution in [0.1, 0.15) is 113 Å². The lowest BCUT2D eigenvalue weighted by Gasteiger charge is -2.50. The number of aryl methyl sites for hydroxylation is 1. The second kappa shape index (κ2) is 34.2. The first-order valence-electron chi connectivity index (χ1n) is 34.7. The average Bonchev–Trinajstić information content (AvgIpc) is 0.911. The predicted octanol–water partition coefficient (Wildman–Crippen LogP) is 13.7. The van der Waals surface area contributed by atoms with Gasteiger partial charge in [0, 0.05) is 43.0 Å². The topological polar surface area (TPSA) is 269 Å². The van der Waals surface area contributed by atoms with Crippen LogP contribution in [0.3, 0.4) is 0 Å². The highest BCUT2D eigenvalue weighted by Crippen LogP contribution is 2.45. The molecule has 3 amide bonds. The van der Waals surface area contributed by atoms with Gasteiger partial charge in [0.15, 0.2) is 33.9 Å². The fourth-order valence-electron chi connectivity index (χ4n) is 12.7. The van der Waals surface area contributed by atoms with Crippen molar-refractivity contribution in [2.45, 2.75) is 135 Å². The number of thiazole rings is 1. The molecule has 3 aliphatic rings. The first-order valence-corrected chi connectivity index (χ1v) is 37.3. The summed E-state index contributed by atoms with van der Waals surface area (Å²) in [4.78, 5) is 114. The van der Waals surface area contributed by atoms with E-state index in [9.17, 15) is 14.4 Å². The number of aromatic nitrogens is 2. The number of benzene rings is 6. The van der Waals surface area contributed by atoms with E-state index in [2.05, 4.69) is 20.8 Å². The van der Waals surface area contributed by atoms with E-state index in [-0.39, 0.29) is 81.1 Å². The quantitative estimate of drug-likeness (QED) is 0.0110. The van der Waals surface area contributed by atoms with Gasteiger partial charge in [-0.2, -0.15) is 0 Å². The summed E-state index contributed by atoms with van der Waals surface area (Å²) in [5.41, 5.74) is 1.74. The smallest absolute Gasteiger partial charge is 0.413 e. The van der Waals surface area contributed by atoms with Gasteiger partial charge in [0.05, 0.1) is 62.3 Å². The number of carbonyl (C=O) groups excluding carboxylic acids is 6. The molecule has 0 saturated carbocycles. The van der Waals surface area contributed by atoms with Crippen molar-refractivity contribution in [2.75, 3.05) is 52.0 Å². The third kappa shape index (κ3) is 19.2. The van der Waals surface area contributed by atoms with Gasteiger partial charge in [-0.3, -0.25) is 29.4 Å². The second-order valence-electron chi connectivity index (χ2n) is 27.7. The minimum atomic E-state index is -1.84. The Morgan fingerprint density at radius 1 is 0.720 bits per heavy atom. The third-order valence-electron chi connectivity index (χ3n) is 17.7. The predicted molar refractivity (Wildman–Crippen MR) is 406 cm³/mol. The monoisotopic (exact) mass is 1540 g/mol. The number of amides is 3. The van der Waals surface area contributed by atoms with Crippen molar-refractivity contribution in [3.8, 4) is 28.7 Å². The largest absolute Gasteiger partial charge is 0.497 e. The fourth-order valence-corrected chi connectivity index (χ4v) is 15.4. The first-order chi connectivity index (χ1) is 51.2. The molecule has 562 valence electrons. The molecule has 0 aliphatic carbocycles. The lowest BCUT2D eigenvalue weighted by molar-refractivity contribution is -0.925. The molecule has 2 saturated heterocycles. The summed E-state index contributed by atoms with van der Waals surface area (Å²) in [6, 6.07) is 40.4. The van der Waals surface area contributed by atoms with E-state index in [1.54, 1.807) is 86.1 Å². The van der Waals surface area contributed by atoms with Gasteiger partial charge in [-0.1, -0.05) is 137 Å². The maximum atomic E-state index is 15.7. The summed E-state index contributed by atoms with van der Waals surface area (Å²) >= 11 is 16.4. The van der Waals surface area contributed by atoms with Crippen LogP contribution in [0.4, 0.5) is 9.93 Å². The Morgan fingerprint density at radius 3 is 1.83 bits per heavy atom. The van der Waals surface area contributed by atoms with Crippen LogP contribution in [0.15, 0.2) is 167 Å². The Balaban J connectivity index is 0.946. The molecule has 0 radical (unpaired) electrons. The molecule has 6 aromatic carbocycles. The second-order valence-corrected chi connectivity index (χ2v) is 30.8. The zero-order valence-corrected chi connectivity index (χ0v) is 64.0. The van der Waals surface area contributed by atoms with Crippen LogP contribution in [-0.4, -0.2) is 136 Å². The molecular formula is C79H84Cl2N7O17S2+. The number of oxime groups is 1. The molecule has 11 rings (SSSR count). The lowest BCUT2D eigenvalue weighted by atomic mass is 10.00. The van der Waals surface area contributed by atoms with Gasteiger partial charge in [0.1, 0.15) is 88.5 Å². The van der Waals surface area contributed by atoms with E-state index in [1.165, 1.54) is 23.8 Å². The summed E-state index contributed by atoms with van der Waals surface area (Å²) in [6.45, 7) is 13.8. The Kier molecular flexibility index (Phi) is 24.9. The molecule has 2 aromatic heterocycles. The number of anilines is 1. The van der Waals surface area contributed by atoms with Crippen molar-refractivity contribution in [1.82, 2.24) is 19.8 Å². The fraction of sp³-hybridized carbons (Fsp3) is 0.354. The van der Waals surface area contributed by atoms with Gasteiger partial charge < -0.3 is 61.8 Å². The van der Waals surface area contributed by atoms with Crippen LogP contribution in [0.2, 0.25) is 9.36 Å². The van der Waals surface area contributed by atoms with Crippen LogP contribution in [-0.2, 0) is 80.7 Å². The minimum absolute atomic E-state index is 0.0328. The maximum Gasteiger partial charge on any atom is 0.413 e. The summed E-state index contributed by atoms with van der Waals surface area (Å²) in [6.07, 6.45) is -1.02. The van der Waals surface area contributed by atoms with Crippen molar-refractivity contribution in [3.05, 3.63) is 216 Å². The highest BCUT2D eigenvalue weighted by atomic mass is 35.5. The highest BCUT2D eigenvalue weighted by Gasteiger charge is 2.56. The number of hydrogen-bond donors (Lipinski definition) is 2. The minimum Gasteiger partial charge on any atom is -0.497 e. The molecular weight excluding hydrogens is 1450 g/mol. The number of methoxy groups -OCH3 is 3. The Bertz CT molecular complexity index is 4650. The van der Waals surface area contributed by atoms with Crippen molar-refractivity contribution in [2.24, 2.45) is 5.16 Å². The zero-order chi connectivity index (χ0) is 76.3. The van der Waals surface area contributed by atoms with Crippen LogP contribution < -0.4 is 39.7 Å². The molecule has 24 nitrogen and oxygen atoms in total. The van der Waals surface area contributed by atoms with E-state index in [0.717, 1.165) is 35.3 Å². The number of carbonyl (C=O) groups is 6. The van der Waals surface area contributed by atoms with E-state index >= 15 is 19.2 Å². The normalized spacial score (nSPS) is 15.9. The van der Waals surface area contributed by atoms with Gasteiger partial charge in [-0.25, -0.2) is 19.4 Å². The standard InChI is InChI=1S/C79H83Cl2N7O17S2/c1-11-86-40-52(67(90)61-57(86)38-58(99-43-47-24-30-54(96-8)31-25-47)69(62(61)80)100-44-48-26-32-55(97-9)33-27-48)41-88(36-18-19-37-88)42-53-46-106-73-65(72(92)87(73)66(53)75(94)102-68(50-20-14-12-15-21-50)51-22-16-13-17-23-51)82-71(91)64(63-70(81)107-76(83-63)84-77(95)104-79(5,6)7)85-105-59(39-60(89)103-78(2,3)4)74(93)101-45-49-28-34-56(98-10)35-29-49/h12-17,20-35,38,40,59,65,68,73H,11,18-19,36-37,39,41-46H2,1-10H3,(H-,82,83,84,91,95)/p+1/t59?,65-,73-/m1/s1. The Labute approximate surface area is 637 Å². The Hall–Kier alpha value is -10.1. The number of rotatable bonds is 29. The number of halogens is 2. The molecule has 8 aromatic rings. The number of likely N-dealkylation sites (tertiary alicyclic amines) is 1. The molecule has 5 heterocycles. The molecule has 0 bridgehead atoms. The zero-order valence-electron chi connectivity index (χ0n) is 60.9. The number of ether oxygens (including phenoxy) is 9. The number of thioether (sulfide) groups is 1. The number of fused-ring (bicyclic) bond motifs is 2. The number of nitrogens with zero attached hydrogens (tertiary/aromatic N) is 5. The van der Waals surface area contributed by atoms with E-state index in [1.807, 2.05) is 127 Å². The number of β-lactam (4-membered cyclic amide) rings is 1. The van der Waals surface area contributed by atoms with Crippen LogP contribution >= 0.6 is 46.3 Å². The summed E-state index contributed by atoms with van der Waals surface area (Å²) in [5, 5.41) is 8.66. The average molecular weight is 1540 g/mol. The number of esters is 3. The summed E-state index contributed by atoms with van der Waals surface area (Å²) in [7, 11) is 4.69. The summed E-state index contributed by atoms with van der Waals surface area (Å²) < 4.78 is 54.5. The van der Waals surface area contributed by atoms with E-state index in [4.69, 9.17) is 70.7 Å². The van der Waals surface area contributed by atoms with Crippen LogP contribution in [0, 0.1) is 0 Å². The maximum absolute atomic E-state index is 15.7. The van der Waals surface area contributed by atoms with Crippen molar-refractivity contribution < 1.29 is 80.7 Å². The molecule has 3 atom stereocenters. The first kappa shape index (κ1) is 78.0. The lowest BCUT2D eigenvalue weighted by Crippen LogP contribution is -2.71. The van der Waals surface area contributed by atoms with Gasteiger partial charge in [0.25, 0.3) is 11.8 Å².